The zero-order valence-corrected chi connectivity index (χ0v) is 14.1. The second kappa shape index (κ2) is 6.80. The Morgan fingerprint density at radius 3 is 2.84 bits per heavy atom. The van der Waals surface area contributed by atoms with Gasteiger partial charge in [-0.05, 0) is 38.0 Å². The molecule has 0 radical (unpaired) electrons. The van der Waals surface area contributed by atoms with Crippen molar-refractivity contribution in [1.82, 2.24) is 5.43 Å². The number of hydrazone groups is 1. The number of benzene rings is 1. The number of primary amides is 1. The lowest BCUT2D eigenvalue weighted by molar-refractivity contribution is 0.0951. The van der Waals surface area contributed by atoms with Crippen molar-refractivity contribution in [1.29, 1.82) is 0 Å². The van der Waals surface area contributed by atoms with E-state index < -0.39 is 5.91 Å². The van der Waals surface area contributed by atoms with Crippen LogP contribution in [0.3, 0.4) is 0 Å². The van der Waals surface area contributed by atoms with Crippen LogP contribution in [-0.4, -0.2) is 24.6 Å². The van der Waals surface area contributed by atoms with Gasteiger partial charge in [-0.25, -0.2) is 5.43 Å². The molecule has 7 nitrogen and oxygen atoms in total. The van der Waals surface area contributed by atoms with Crippen LogP contribution >= 0.6 is 0 Å². The molecule has 0 aliphatic heterocycles. The van der Waals surface area contributed by atoms with Crippen LogP contribution in [0.2, 0.25) is 0 Å². The van der Waals surface area contributed by atoms with Crippen molar-refractivity contribution in [2.24, 2.45) is 10.8 Å². The van der Waals surface area contributed by atoms with Gasteiger partial charge in [0, 0.05) is 23.1 Å². The molecular formula is C18H19N3O4. The Hall–Kier alpha value is -3.09. The Morgan fingerprint density at radius 2 is 2.12 bits per heavy atom. The summed E-state index contributed by atoms with van der Waals surface area (Å²) in [5.74, 6) is 0.490. The molecule has 3 rings (SSSR count). The summed E-state index contributed by atoms with van der Waals surface area (Å²) >= 11 is 0. The molecule has 1 aliphatic carbocycles. The van der Waals surface area contributed by atoms with E-state index in [1.165, 1.54) is 0 Å². The zero-order valence-electron chi connectivity index (χ0n) is 14.1. The third-order valence-corrected chi connectivity index (χ3v) is 4.17. The molecule has 1 aromatic heterocycles. The average Bonchev–Trinajstić information content (AvgIpc) is 2.97. The van der Waals surface area contributed by atoms with Gasteiger partial charge in [-0.3, -0.25) is 9.59 Å². The fourth-order valence-electron chi connectivity index (χ4n) is 2.96. The lowest BCUT2D eigenvalue weighted by atomic mass is 9.93. The summed E-state index contributed by atoms with van der Waals surface area (Å²) in [6, 6.07) is 6.81. The van der Waals surface area contributed by atoms with Crippen molar-refractivity contribution in [3.8, 4) is 5.75 Å². The van der Waals surface area contributed by atoms with Crippen LogP contribution in [0.5, 0.6) is 5.75 Å². The van der Waals surface area contributed by atoms with Gasteiger partial charge in [0.1, 0.15) is 11.5 Å². The van der Waals surface area contributed by atoms with E-state index in [2.05, 4.69) is 10.5 Å². The number of nitrogens with one attached hydrogen (secondary N) is 1. The van der Waals surface area contributed by atoms with E-state index in [4.69, 9.17) is 14.9 Å². The molecule has 1 aliphatic rings. The smallest absolute Gasteiger partial charge is 0.284 e. The Balaban J connectivity index is 1.86. The summed E-state index contributed by atoms with van der Waals surface area (Å²) in [5, 5.41) is 4.25. The van der Waals surface area contributed by atoms with E-state index in [-0.39, 0.29) is 11.7 Å². The first-order valence-electron chi connectivity index (χ1n) is 7.94. The molecule has 0 saturated carbocycles. The molecule has 1 heterocycles. The Kier molecular flexibility index (Phi) is 4.56. The molecule has 0 bridgehead atoms. The van der Waals surface area contributed by atoms with E-state index in [1.807, 2.05) is 0 Å². The first-order chi connectivity index (χ1) is 12.0. The van der Waals surface area contributed by atoms with Crippen molar-refractivity contribution in [3.05, 3.63) is 52.5 Å². The van der Waals surface area contributed by atoms with Crippen LogP contribution in [0.15, 0.2) is 33.8 Å². The predicted molar refractivity (Wildman–Crippen MR) is 91.9 cm³/mol. The Labute approximate surface area is 144 Å². The SMILES string of the molecule is COc1cccc(C(=O)N/N=C2\CCCc3oc(C(N)=O)c(C)c32)c1. The molecule has 1 aromatic carbocycles. The highest BCUT2D eigenvalue weighted by molar-refractivity contribution is 6.07. The lowest BCUT2D eigenvalue weighted by Gasteiger charge is -2.13. The highest BCUT2D eigenvalue weighted by atomic mass is 16.5. The van der Waals surface area contributed by atoms with Crippen LogP contribution in [0, 0.1) is 6.92 Å². The summed E-state index contributed by atoms with van der Waals surface area (Å²) in [4.78, 5) is 23.8. The lowest BCUT2D eigenvalue weighted by Crippen LogP contribution is -2.22. The Bertz CT molecular complexity index is 867. The third kappa shape index (κ3) is 3.26. The maximum Gasteiger partial charge on any atom is 0.284 e. The summed E-state index contributed by atoms with van der Waals surface area (Å²) in [5.41, 5.74) is 10.5. The Morgan fingerprint density at radius 1 is 1.32 bits per heavy atom. The van der Waals surface area contributed by atoms with E-state index in [0.717, 1.165) is 12.0 Å². The molecule has 2 amide bonds. The quantitative estimate of drug-likeness (QED) is 0.831. The maximum absolute atomic E-state index is 12.3. The van der Waals surface area contributed by atoms with Crippen LogP contribution in [0.1, 0.15) is 50.6 Å². The third-order valence-electron chi connectivity index (χ3n) is 4.17. The number of nitrogens with two attached hydrogens (primary N) is 1. The van der Waals surface area contributed by atoms with Crippen LogP contribution in [-0.2, 0) is 6.42 Å². The number of hydrogen-bond donors (Lipinski definition) is 2. The number of methoxy groups -OCH3 is 1. The minimum Gasteiger partial charge on any atom is -0.497 e. The van der Waals surface area contributed by atoms with E-state index in [1.54, 1.807) is 38.3 Å². The summed E-state index contributed by atoms with van der Waals surface area (Å²) in [6.07, 6.45) is 2.22. The predicted octanol–water partition coefficient (Wildman–Crippen LogP) is 2.17. The molecular weight excluding hydrogens is 322 g/mol. The maximum atomic E-state index is 12.3. The summed E-state index contributed by atoms with van der Waals surface area (Å²) in [7, 11) is 1.54. The molecule has 7 heteroatoms. The number of ether oxygens (including phenoxy) is 1. The highest BCUT2D eigenvalue weighted by Gasteiger charge is 2.27. The van der Waals surface area contributed by atoms with Gasteiger partial charge in [0.05, 0.1) is 12.8 Å². The molecule has 25 heavy (non-hydrogen) atoms. The number of nitrogens with zero attached hydrogens (tertiary/aromatic N) is 1. The van der Waals surface area contributed by atoms with Crippen molar-refractivity contribution in [3.63, 3.8) is 0 Å². The van der Waals surface area contributed by atoms with Gasteiger partial charge >= 0.3 is 0 Å². The van der Waals surface area contributed by atoms with Crippen LogP contribution in [0.25, 0.3) is 0 Å². The number of carbonyl (C=O) groups is 2. The monoisotopic (exact) mass is 341 g/mol. The van der Waals surface area contributed by atoms with Gasteiger partial charge < -0.3 is 14.9 Å². The standard InChI is InChI=1S/C18H19N3O4/c1-10-15-13(7-4-8-14(15)25-16(10)17(19)22)20-21-18(23)11-5-3-6-12(9-11)24-2/h3,5-6,9H,4,7-8H2,1-2H3,(H2,19,22)(H,21,23)/b20-13+. The number of rotatable bonds is 4. The zero-order chi connectivity index (χ0) is 18.0. The molecule has 130 valence electrons. The second-order valence-corrected chi connectivity index (χ2v) is 5.80. The number of aryl methyl sites for hydroxylation is 1. The van der Waals surface area contributed by atoms with Crippen molar-refractivity contribution in [2.75, 3.05) is 7.11 Å². The van der Waals surface area contributed by atoms with Gasteiger partial charge in [0.25, 0.3) is 11.8 Å². The van der Waals surface area contributed by atoms with Crippen LogP contribution < -0.4 is 15.9 Å². The van der Waals surface area contributed by atoms with E-state index in [9.17, 15) is 9.59 Å². The van der Waals surface area contributed by atoms with E-state index in [0.29, 0.717) is 41.2 Å². The van der Waals surface area contributed by atoms with Crippen LogP contribution in [0.4, 0.5) is 0 Å². The van der Waals surface area contributed by atoms with Gasteiger partial charge in [0.2, 0.25) is 0 Å². The average molecular weight is 341 g/mol. The number of carbonyl (C=O) groups excluding carboxylic acids is 2. The first-order valence-corrected chi connectivity index (χ1v) is 7.94. The molecule has 0 spiro atoms. The number of hydrogen-bond acceptors (Lipinski definition) is 5. The van der Waals surface area contributed by atoms with Crippen molar-refractivity contribution in [2.45, 2.75) is 26.2 Å². The number of fused-ring (bicyclic) bond motifs is 1. The molecule has 0 unspecified atom stereocenters. The van der Waals surface area contributed by atoms with Gasteiger partial charge in [-0.2, -0.15) is 5.10 Å². The molecule has 0 saturated heterocycles. The van der Waals surface area contributed by atoms with Gasteiger partial charge in [0.15, 0.2) is 5.76 Å². The largest absolute Gasteiger partial charge is 0.497 e. The van der Waals surface area contributed by atoms with Gasteiger partial charge in [-0.1, -0.05) is 6.07 Å². The van der Waals surface area contributed by atoms with Crippen molar-refractivity contribution >= 4 is 17.5 Å². The van der Waals surface area contributed by atoms with Gasteiger partial charge in [-0.15, -0.1) is 0 Å². The minimum atomic E-state index is -0.605. The topological polar surface area (TPSA) is 107 Å². The molecule has 0 atom stereocenters. The molecule has 0 fully saturated rings. The fourth-order valence-corrected chi connectivity index (χ4v) is 2.96. The second-order valence-electron chi connectivity index (χ2n) is 5.80. The molecule has 2 aromatic rings. The minimum absolute atomic E-state index is 0.152. The van der Waals surface area contributed by atoms with Crippen molar-refractivity contribution < 1.29 is 18.7 Å². The normalized spacial score (nSPS) is 14.9. The first kappa shape index (κ1) is 16.8. The number of amides is 2. The highest BCUT2D eigenvalue weighted by Crippen LogP contribution is 2.29. The van der Waals surface area contributed by atoms with E-state index >= 15 is 0 Å². The summed E-state index contributed by atoms with van der Waals surface area (Å²) in [6.45, 7) is 1.77. The number of furan rings is 1. The molecule has 3 N–H and O–H groups in total. The fraction of sp³-hybridized carbons (Fsp3) is 0.278. The summed E-state index contributed by atoms with van der Waals surface area (Å²) < 4.78 is 10.7.